The summed E-state index contributed by atoms with van der Waals surface area (Å²) in [6.07, 6.45) is 1.66. The molecule has 2 rings (SSSR count). The number of benzene rings is 1. The van der Waals surface area contributed by atoms with Crippen LogP contribution >= 0.6 is 22.6 Å². The summed E-state index contributed by atoms with van der Waals surface area (Å²) in [6.45, 7) is 0.0682. The maximum Gasteiger partial charge on any atom is 0.194 e. The Morgan fingerprint density at radius 1 is 1.43 bits per heavy atom. The summed E-state index contributed by atoms with van der Waals surface area (Å²) >= 11 is 2.13. The largest absolute Gasteiger partial charge is 0.496 e. The number of pyridine rings is 1. The second-order valence-corrected chi connectivity index (χ2v) is 5.47. The Bertz CT molecular complexity index is 648. The van der Waals surface area contributed by atoms with E-state index in [1.807, 2.05) is 6.07 Å². The number of aromatic nitrogens is 1. The van der Waals surface area contributed by atoms with Crippen molar-refractivity contribution >= 4 is 34.4 Å². The first-order chi connectivity index (χ1) is 10.0. The molecular formula is C14H14FIN4O. The zero-order valence-corrected chi connectivity index (χ0v) is 13.5. The van der Waals surface area contributed by atoms with Crippen LogP contribution in [0.25, 0.3) is 0 Å². The number of methoxy groups -OCH3 is 1. The smallest absolute Gasteiger partial charge is 0.194 e. The van der Waals surface area contributed by atoms with Crippen LogP contribution in [0.3, 0.4) is 0 Å². The van der Waals surface area contributed by atoms with Gasteiger partial charge in [0, 0.05) is 15.3 Å². The molecular weight excluding hydrogens is 386 g/mol. The van der Waals surface area contributed by atoms with Crippen LogP contribution in [0.4, 0.5) is 10.2 Å². The van der Waals surface area contributed by atoms with E-state index in [0.29, 0.717) is 17.1 Å². The number of hydrogen-bond donors (Lipinski definition) is 2. The van der Waals surface area contributed by atoms with Gasteiger partial charge in [0.25, 0.3) is 0 Å². The molecule has 0 unspecified atom stereocenters. The normalized spacial score (nSPS) is 10.2. The van der Waals surface area contributed by atoms with E-state index >= 15 is 0 Å². The lowest BCUT2D eigenvalue weighted by molar-refractivity contribution is 0.404. The maximum absolute atomic E-state index is 14.0. The number of hydrogen-bond acceptors (Lipinski definition) is 3. The lowest BCUT2D eigenvalue weighted by Crippen LogP contribution is -2.36. The molecule has 3 N–H and O–H groups in total. The molecule has 1 aromatic heterocycles. The van der Waals surface area contributed by atoms with Gasteiger partial charge < -0.3 is 10.5 Å². The van der Waals surface area contributed by atoms with Gasteiger partial charge in [0.05, 0.1) is 13.7 Å². The topological polar surface area (TPSA) is 75.2 Å². The van der Waals surface area contributed by atoms with E-state index in [-0.39, 0.29) is 12.5 Å². The van der Waals surface area contributed by atoms with E-state index in [2.05, 4.69) is 27.6 Å². The van der Waals surface area contributed by atoms with Crippen molar-refractivity contribution in [2.75, 3.05) is 12.0 Å². The molecule has 0 fully saturated rings. The molecule has 0 saturated heterocycles. The fourth-order valence-electron chi connectivity index (χ4n) is 1.86. The molecule has 7 heteroatoms. The quantitative estimate of drug-likeness (QED) is 0.470. The Balaban J connectivity index is 2.38. The molecule has 0 atom stereocenters. The number of anilines is 1. The minimum absolute atomic E-state index is 0.0682. The molecule has 0 radical (unpaired) electrons. The lowest BCUT2D eigenvalue weighted by Gasteiger charge is -2.23. The first-order valence-corrected chi connectivity index (χ1v) is 7.15. The number of nitrogens with zero attached hydrogens (tertiary/aromatic N) is 2. The minimum atomic E-state index is -0.411. The second kappa shape index (κ2) is 6.70. The number of ether oxygens (including phenoxy) is 1. The van der Waals surface area contributed by atoms with Crippen LogP contribution in [-0.4, -0.2) is 18.1 Å². The monoisotopic (exact) mass is 400 g/mol. The van der Waals surface area contributed by atoms with Gasteiger partial charge in [0.2, 0.25) is 0 Å². The van der Waals surface area contributed by atoms with E-state index in [9.17, 15) is 4.39 Å². The fraction of sp³-hybridized carbons (Fsp3) is 0.143. The van der Waals surface area contributed by atoms with E-state index in [0.717, 1.165) is 3.57 Å². The number of rotatable bonds is 4. The standard InChI is InChI=1S/C14H14FIN4O/c1-21-12-4-2-3-11(15)10(12)8-20(14(17)18)13-6-5-9(16)7-19-13/h2-7H,8H2,1H3,(H3,17,18). The van der Waals surface area contributed by atoms with Gasteiger partial charge in [-0.25, -0.2) is 9.37 Å². The van der Waals surface area contributed by atoms with Gasteiger partial charge in [-0.1, -0.05) is 6.07 Å². The second-order valence-electron chi connectivity index (χ2n) is 4.23. The highest BCUT2D eigenvalue weighted by Gasteiger charge is 2.17. The predicted octanol–water partition coefficient (Wildman–Crippen LogP) is 2.73. The molecule has 2 aromatic rings. The molecule has 0 saturated carbocycles. The third-order valence-electron chi connectivity index (χ3n) is 2.89. The summed E-state index contributed by atoms with van der Waals surface area (Å²) in [4.78, 5) is 5.63. The molecule has 1 aromatic carbocycles. The van der Waals surface area contributed by atoms with E-state index < -0.39 is 5.82 Å². The maximum atomic E-state index is 14.0. The third-order valence-corrected chi connectivity index (χ3v) is 3.53. The number of nitrogens with two attached hydrogens (primary N) is 1. The first kappa shape index (κ1) is 15.5. The zero-order chi connectivity index (χ0) is 15.4. The van der Waals surface area contributed by atoms with Crippen LogP contribution in [0, 0.1) is 14.8 Å². The molecule has 0 bridgehead atoms. The van der Waals surface area contributed by atoms with Crippen molar-refractivity contribution in [2.45, 2.75) is 6.54 Å². The van der Waals surface area contributed by atoms with Gasteiger partial charge in [-0.3, -0.25) is 10.3 Å². The lowest BCUT2D eigenvalue weighted by atomic mass is 10.1. The summed E-state index contributed by atoms with van der Waals surface area (Å²) in [6, 6.07) is 8.16. The minimum Gasteiger partial charge on any atom is -0.496 e. The summed E-state index contributed by atoms with van der Waals surface area (Å²) in [5.41, 5.74) is 5.93. The van der Waals surface area contributed by atoms with Crippen LogP contribution in [-0.2, 0) is 6.54 Å². The average molecular weight is 400 g/mol. The number of guanidine groups is 1. The van der Waals surface area contributed by atoms with Crippen molar-refractivity contribution in [1.82, 2.24) is 4.98 Å². The first-order valence-electron chi connectivity index (χ1n) is 6.07. The van der Waals surface area contributed by atoms with Crippen LogP contribution in [0.15, 0.2) is 36.5 Å². The molecule has 0 aliphatic carbocycles. The predicted molar refractivity (Wildman–Crippen MR) is 88.0 cm³/mol. The Hall–Kier alpha value is -1.90. The number of nitrogens with one attached hydrogen (secondary N) is 1. The van der Waals surface area contributed by atoms with Crippen molar-refractivity contribution < 1.29 is 9.13 Å². The van der Waals surface area contributed by atoms with Gasteiger partial charge in [-0.15, -0.1) is 0 Å². The van der Waals surface area contributed by atoms with Crippen molar-refractivity contribution in [3.8, 4) is 5.75 Å². The van der Waals surface area contributed by atoms with E-state index in [4.69, 9.17) is 15.9 Å². The van der Waals surface area contributed by atoms with Gasteiger partial charge >= 0.3 is 0 Å². The summed E-state index contributed by atoms with van der Waals surface area (Å²) in [5.74, 6) is 0.264. The molecule has 1 heterocycles. The third kappa shape index (κ3) is 3.60. The Labute approximate surface area is 135 Å². The summed E-state index contributed by atoms with van der Waals surface area (Å²) in [5, 5.41) is 7.69. The number of halogens is 2. The van der Waals surface area contributed by atoms with Crippen LogP contribution in [0.5, 0.6) is 5.75 Å². The average Bonchev–Trinajstić information content (AvgIpc) is 2.46. The van der Waals surface area contributed by atoms with Crippen molar-refractivity contribution in [3.63, 3.8) is 0 Å². The zero-order valence-electron chi connectivity index (χ0n) is 11.3. The highest BCUT2D eigenvalue weighted by Crippen LogP contribution is 2.24. The summed E-state index contributed by atoms with van der Waals surface area (Å²) in [7, 11) is 1.47. The van der Waals surface area contributed by atoms with Gasteiger partial charge in [-0.2, -0.15) is 0 Å². The van der Waals surface area contributed by atoms with Crippen LogP contribution < -0.4 is 15.4 Å². The van der Waals surface area contributed by atoms with Crippen LogP contribution in [0.2, 0.25) is 0 Å². The van der Waals surface area contributed by atoms with Gasteiger partial charge in [-0.05, 0) is 46.9 Å². The fourth-order valence-corrected chi connectivity index (χ4v) is 2.18. The highest BCUT2D eigenvalue weighted by atomic mass is 127. The van der Waals surface area contributed by atoms with E-state index in [1.165, 1.54) is 18.1 Å². The van der Waals surface area contributed by atoms with Gasteiger partial charge in [0.15, 0.2) is 5.96 Å². The van der Waals surface area contributed by atoms with E-state index in [1.54, 1.807) is 24.4 Å². The van der Waals surface area contributed by atoms with Crippen molar-refractivity contribution in [3.05, 3.63) is 51.5 Å². The highest BCUT2D eigenvalue weighted by molar-refractivity contribution is 14.1. The van der Waals surface area contributed by atoms with Crippen LogP contribution in [0.1, 0.15) is 5.56 Å². The van der Waals surface area contributed by atoms with Crippen molar-refractivity contribution in [2.24, 2.45) is 5.73 Å². The molecule has 110 valence electrons. The van der Waals surface area contributed by atoms with Gasteiger partial charge in [0.1, 0.15) is 17.4 Å². The Morgan fingerprint density at radius 2 is 2.19 bits per heavy atom. The molecule has 0 aliphatic heterocycles. The summed E-state index contributed by atoms with van der Waals surface area (Å²) < 4.78 is 20.1. The molecule has 0 spiro atoms. The Morgan fingerprint density at radius 3 is 2.76 bits per heavy atom. The SMILES string of the molecule is COc1cccc(F)c1CN(C(=N)N)c1ccc(I)cn1. The van der Waals surface area contributed by atoms with Crippen molar-refractivity contribution in [1.29, 1.82) is 5.41 Å². The molecule has 21 heavy (non-hydrogen) atoms. The Kier molecular flexibility index (Phi) is 4.94. The molecule has 5 nitrogen and oxygen atoms in total. The molecule has 0 amide bonds. The molecule has 0 aliphatic rings.